The van der Waals surface area contributed by atoms with Crippen molar-refractivity contribution in [1.82, 2.24) is 0 Å². The molecule has 1 amide bonds. The Morgan fingerprint density at radius 2 is 2.11 bits per heavy atom. The molecule has 0 radical (unpaired) electrons. The average molecular weight is 289 g/mol. The first kappa shape index (κ1) is 13.1. The van der Waals surface area contributed by atoms with Gasteiger partial charge in [-0.05, 0) is 24.6 Å². The maximum absolute atomic E-state index is 11.1. The van der Waals surface area contributed by atoms with E-state index in [-0.39, 0.29) is 22.2 Å². The molecule has 0 aromatic heterocycles. The van der Waals surface area contributed by atoms with E-state index in [0.717, 1.165) is 0 Å². The van der Waals surface area contributed by atoms with Gasteiger partial charge in [0.15, 0.2) is 0 Å². The third kappa shape index (κ3) is 2.29. The summed E-state index contributed by atoms with van der Waals surface area (Å²) in [6.07, 6.45) is 0.106. The first-order chi connectivity index (χ1) is 8.22. The van der Waals surface area contributed by atoms with E-state index in [1.54, 1.807) is 6.92 Å². The van der Waals surface area contributed by atoms with Crippen molar-refractivity contribution in [2.24, 2.45) is 10.2 Å². The predicted octanol–water partition coefficient (Wildman–Crippen LogP) is 2.18. The van der Waals surface area contributed by atoms with E-state index in [9.17, 15) is 13.2 Å². The zero-order valence-electron chi connectivity index (χ0n) is 9.29. The highest BCUT2D eigenvalue weighted by molar-refractivity contribution is 7.86. The smallest absolute Gasteiger partial charge is 0.282 e. The second kappa shape index (κ2) is 4.11. The van der Waals surface area contributed by atoms with E-state index in [1.807, 2.05) is 0 Å². The normalized spacial score (nSPS) is 23.6. The molecule has 1 aromatic rings. The minimum absolute atomic E-state index is 0.106. The molecule has 0 saturated heterocycles. The molecule has 0 aliphatic carbocycles. The number of hydrogen-bond donors (Lipinski definition) is 1. The Labute approximate surface area is 108 Å². The summed E-state index contributed by atoms with van der Waals surface area (Å²) in [5.74, 6) is -0.340. The van der Waals surface area contributed by atoms with Crippen LogP contribution < -0.4 is 0 Å². The molecule has 1 heterocycles. The Morgan fingerprint density at radius 3 is 2.56 bits per heavy atom. The summed E-state index contributed by atoms with van der Waals surface area (Å²) in [6.45, 7) is 1.69. The Morgan fingerprint density at radius 1 is 1.44 bits per heavy atom. The maximum Gasteiger partial charge on any atom is 0.296 e. The zero-order chi connectivity index (χ0) is 13.6. The van der Waals surface area contributed by atoms with Crippen LogP contribution in [0.3, 0.4) is 0 Å². The van der Waals surface area contributed by atoms with Gasteiger partial charge in [-0.3, -0.25) is 9.35 Å². The molecule has 1 aromatic carbocycles. The van der Waals surface area contributed by atoms with Crippen LogP contribution in [-0.2, 0) is 20.5 Å². The maximum atomic E-state index is 11.1. The van der Waals surface area contributed by atoms with Crippen LogP contribution in [0.4, 0.5) is 0 Å². The number of azo groups is 1. The van der Waals surface area contributed by atoms with Crippen LogP contribution in [0.25, 0.3) is 0 Å². The van der Waals surface area contributed by atoms with Gasteiger partial charge in [0.1, 0.15) is 10.4 Å². The molecule has 8 heteroatoms. The monoisotopic (exact) mass is 288 g/mol. The molecule has 1 aliphatic heterocycles. The molecule has 6 nitrogen and oxygen atoms in total. The largest absolute Gasteiger partial charge is 0.296 e. The van der Waals surface area contributed by atoms with Crippen LogP contribution in [-0.4, -0.2) is 18.9 Å². The van der Waals surface area contributed by atoms with Gasteiger partial charge in [0.05, 0.1) is 11.4 Å². The van der Waals surface area contributed by atoms with Gasteiger partial charge in [-0.25, -0.2) is 0 Å². The lowest BCUT2D eigenvalue weighted by Crippen LogP contribution is -2.17. The molecule has 1 N–H and O–H groups in total. The fourth-order valence-corrected chi connectivity index (χ4v) is 2.75. The van der Waals surface area contributed by atoms with Gasteiger partial charge in [-0.2, -0.15) is 13.5 Å². The summed E-state index contributed by atoms with van der Waals surface area (Å²) in [5.41, 5.74) is -0.270. The van der Waals surface area contributed by atoms with E-state index in [2.05, 4.69) is 10.2 Å². The van der Waals surface area contributed by atoms with E-state index < -0.39 is 15.7 Å². The minimum atomic E-state index is -4.36. The molecule has 1 aliphatic rings. The van der Waals surface area contributed by atoms with Gasteiger partial charge in [0, 0.05) is 0 Å². The van der Waals surface area contributed by atoms with Crippen LogP contribution in [0.5, 0.6) is 0 Å². The fraction of sp³-hybridized carbons (Fsp3) is 0.300. The van der Waals surface area contributed by atoms with E-state index in [1.165, 1.54) is 18.2 Å². The number of benzene rings is 1. The summed E-state index contributed by atoms with van der Waals surface area (Å²) in [7, 11) is -4.36. The minimum Gasteiger partial charge on any atom is -0.282 e. The third-order valence-corrected chi connectivity index (χ3v) is 4.05. The molecule has 0 spiro atoms. The lowest BCUT2D eigenvalue weighted by Gasteiger charge is -2.18. The van der Waals surface area contributed by atoms with E-state index in [0.29, 0.717) is 5.56 Å². The predicted molar refractivity (Wildman–Crippen MR) is 63.1 cm³/mol. The Hall–Kier alpha value is -1.31. The Bertz CT molecular complexity index is 656. The van der Waals surface area contributed by atoms with Crippen molar-refractivity contribution in [3.63, 3.8) is 0 Å². The molecule has 0 bridgehead atoms. The van der Waals surface area contributed by atoms with Gasteiger partial charge < -0.3 is 0 Å². The first-order valence-corrected chi connectivity index (χ1v) is 6.77. The molecule has 18 heavy (non-hydrogen) atoms. The van der Waals surface area contributed by atoms with Crippen molar-refractivity contribution < 1.29 is 17.8 Å². The van der Waals surface area contributed by atoms with E-state index in [4.69, 9.17) is 16.2 Å². The second-order valence-corrected chi connectivity index (χ2v) is 5.96. The lowest BCUT2D eigenvalue weighted by molar-refractivity contribution is -0.117. The SMILES string of the molecule is C[C@]1(c2ccc(S(=O)(=O)O)c(Cl)c2)CC(=O)N=N1. The van der Waals surface area contributed by atoms with Gasteiger partial charge in [-0.1, -0.05) is 17.7 Å². The molecule has 1 atom stereocenters. The number of amides is 1. The van der Waals surface area contributed by atoms with Crippen molar-refractivity contribution in [2.75, 3.05) is 0 Å². The van der Waals surface area contributed by atoms with Crippen molar-refractivity contribution in [3.05, 3.63) is 28.8 Å². The summed E-state index contributed by atoms with van der Waals surface area (Å²) in [4.78, 5) is 10.7. The quantitative estimate of drug-likeness (QED) is 0.844. The number of nitrogens with zero attached hydrogens (tertiary/aromatic N) is 2. The summed E-state index contributed by atoms with van der Waals surface area (Å²) in [5, 5.41) is 7.18. The van der Waals surface area contributed by atoms with Gasteiger partial charge in [0.25, 0.3) is 16.0 Å². The van der Waals surface area contributed by atoms with Gasteiger partial charge in [0.2, 0.25) is 0 Å². The molecule has 0 saturated carbocycles. The van der Waals surface area contributed by atoms with E-state index >= 15 is 0 Å². The second-order valence-electron chi connectivity index (χ2n) is 4.16. The Balaban J connectivity index is 2.48. The number of carbonyl (C=O) groups excluding carboxylic acids is 1. The molecule has 2 rings (SSSR count). The number of rotatable bonds is 2. The van der Waals surface area contributed by atoms with Crippen LogP contribution in [0.1, 0.15) is 18.9 Å². The standard InChI is InChI=1S/C10H9ClN2O4S/c1-10(5-9(14)12-13-10)6-2-3-8(7(11)4-6)18(15,16)17/h2-4H,5H2,1H3,(H,15,16,17)/t10-/m1/s1. The van der Waals surface area contributed by atoms with Crippen molar-refractivity contribution >= 4 is 27.6 Å². The number of hydrogen-bond acceptors (Lipinski definition) is 4. The highest BCUT2D eigenvalue weighted by Crippen LogP contribution is 2.36. The summed E-state index contributed by atoms with van der Waals surface area (Å²) >= 11 is 5.79. The van der Waals surface area contributed by atoms with Crippen LogP contribution in [0.2, 0.25) is 5.02 Å². The van der Waals surface area contributed by atoms with Crippen molar-refractivity contribution in [1.29, 1.82) is 0 Å². The third-order valence-electron chi connectivity index (χ3n) is 2.71. The molecular formula is C10H9ClN2O4S. The molecular weight excluding hydrogens is 280 g/mol. The number of carbonyl (C=O) groups is 1. The first-order valence-electron chi connectivity index (χ1n) is 4.96. The van der Waals surface area contributed by atoms with Crippen molar-refractivity contribution in [2.45, 2.75) is 23.8 Å². The topological polar surface area (TPSA) is 96.2 Å². The lowest BCUT2D eigenvalue weighted by atomic mass is 9.90. The summed E-state index contributed by atoms with van der Waals surface area (Å²) in [6, 6.07) is 3.99. The summed E-state index contributed by atoms with van der Waals surface area (Å²) < 4.78 is 30.9. The fourth-order valence-electron chi connectivity index (χ4n) is 1.74. The van der Waals surface area contributed by atoms with Gasteiger partial charge >= 0.3 is 0 Å². The van der Waals surface area contributed by atoms with Crippen molar-refractivity contribution in [3.8, 4) is 0 Å². The molecule has 0 fully saturated rings. The molecule has 0 unspecified atom stereocenters. The van der Waals surface area contributed by atoms with Gasteiger partial charge in [-0.15, -0.1) is 5.11 Å². The van der Waals surface area contributed by atoms with Crippen LogP contribution in [0, 0.1) is 0 Å². The average Bonchev–Trinajstić information content (AvgIpc) is 2.58. The zero-order valence-corrected chi connectivity index (χ0v) is 10.9. The highest BCUT2D eigenvalue weighted by atomic mass is 35.5. The van der Waals surface area contributed by atoms with Crippen LogP contribution >= 0.6 is 11.6 Å². The van der Waals surface area contributed by atoms with Crippen LogP contribution in [0.15, 0.2) is 33.3 Å². The molecule has 96 valence electrons. The Kier molecular flexibility index (Phi) is 3.00. The number of halogens is 1. The highest BCUT2D eigenvalue weighted by Gasteiger charge is 2.35.